The van der Waals surface area contributed by atoms with Crippen LogP contribution in [0.15, 0.2) is 18.2 Å². The summed E-state index contributed by atoms with van der Waals surface area (Å²) in [4.78, 5) is 11.7. The van der Waals surface area contributed by atoms with E-state index in [1.54, 1.807) is 25.2 Å². The van der Waals surface area contributed by atoms with E-state index in [1.165, 1.54) is 7.11 Å². The van der Waals surface area contributed by atoms with E-state index in [9.17, 15) is 9.90 Å². The summed E-state index contributed by atoms with van der Waals surface area (Å²) >= 11 is 5.91. The zero-order chi connectivity index (χ0) is 12.1. The van der Waals surface area contributed by atoms with Crippen molar-refractivity contribution in [2.24, 2.45) is 0 Å². The second kappa shape index (κ2) is 5.84. The summed E-state index contributed by atoms with van der Waals surface area (Å²) in [5.41, 5.74) is 0.296. The Balaban J connectivity index is 2.91. The lowest BCUT2D eigenvalue weighted by molar-refractivity contribution is 0.0750. The Morgan fingerprint density at radius 1 is 1.62 bits per heavy atom. The number of rotatable bonds is 5. The van der Waals surface area contributed by atoms with Crippen LogP contribution >= 0.6 is 11.6 Å². The van der Waals surface area contributed by atoms with Gasteiger partial charge in [-0.2, -0.15) is 0 Å². The molecule has 1 rings (SSSR count). The minimum absolute atomic E-state index is 0.196. The number of aliphatic hydroxyl groups excluding tert-OH is 1. The van der Waals surface area contributed by atoms with Crippen molar-refractivity contribution in [2.45, 2.75) is 6.10 Å². The number of hydrogen-bond acceptors (Lipinski definition) is 4. The fraction of sp³-hybridized carbons (Fsp3) is 0.364. The third kappa shape index (κ3) is 2.95. The first-order valence-electron chi connectivity index (χ1n) is 4.80. The first-order valence-corrected chi connectivity index (χ1v) is 5.18. The van der Waals surface area contributed by atoms with Gasteiger partial charge in [0.25, 0.3) is 0 Å². The molecule has 2 N–H and O–H groups in total. The summed E-state index contributed by atoms with van der Waals surface area (Å²) in [6.07, 6.45) is -1.09. The van der Waals surface area contributed by atoms with Crippen molar-refractivity contribution >= 4 is 17.4 Å². The molecule has 0 saturated carbocycles. The number of nitrogens with one attached hydrogen (secondary N) is 1. The molecule has 0 bridgehead atoms. The topological polar surface area (TPSA) is 58.6 Å². The molecule has 0 aliphatic rings. The van der Waals surface area contributed by atoms with Gasteiger partial charge >= 0.3 is 0 Å². The van der Waals surface area contributed by atoms with Crippen LogP contribution < -0.4 is 10.1 Å². The summed E-state index contributed by atoms with van der Waals surface area (Å²) < 4.78 is 4.97. The van der Waals surface area contributed by atoms with Gasteiger partial charge in [0.1, 0.15) is 11.9 Å². The van der Waals surface area contributed by atoms with E-state index in [-0.39, 0.29) is 11.6 Å². The zero-order valence-electron chi connectivity index (χ0n) is 9.16. The molecule has 1 atom stereocenters. The molecule has 1 aromatic rings. The van der Waals surface area contributed by atoms with Gasteiger partial charge in [-0.05, 0) is 25.2 Å². The highest BCUT2D eigenvalue weighted by Crippen LogP contribution is 2.23. The second-order valence-corrected chi connectivity index (χ2v) is 3.69. The average Bonchev–Trinajstić information content (AvgIpc) is 2.28. The van der Waals surface area contributed by atoms with Gasteiger partial charge in [0.2, 0.25) is 0 Å². The third-order valence-electron chi connectivity index (χ3n) is 2.14. The Bertz CT molecular complexity index is 381. The highest BCUT2D eigenvalue weighted by Gasteiger charge is 2.19. The van der Waals surface area contributed by atoms with E-state index in [0.29, 0.717) is 11.3 Å². The molecule has 0 aliphatic carbocycles. The van der Waals surface area contributed by atoms with Gasteiger partial charge in [0.05, 0.1) is 12.1 Å². The van der Waals surface area contributed by atoms with Gasteiger partial charge < -0.3 is 15.2 Å². The van der Waals surface area contributed by atoms with Crippen LogP contribution in [0.3, 0.4) is 0 Å². The molecule has 1 unspecified atom stereocenters. The normalized spacial score (nSPS) is 12.2. The fourth-order valence-corrected chi connectivity index (χ4v) is 1.55. The molecule has 4 nitrogen and oxygen atoms in total. The molecular weight excluding hydrogens is 230 g/mol. The van der Waals surface area contributed by atoms with E-state index >= 15 is 0 Å². The number of aliphatic hydroxyl groups is 1. The quantitative estimate of drug-likeness (QED) is 0.761. The van der Waals surface area contributed by atoms with Crippen LogP contribution in [0.2, 0.25) is 5.02 Å². The van der Waals surface area contributed by atoms with Gasteiger partial charge in [-0.3, -0.25) is 4.79 Å². The van der Waals surface area contributed by atoms with Crippen LogP contribution in [0.4, 0.5) is 0 Å². The van der Waals surface area contributed by atoms with E-state index in [0.717, 1.165) is 0 Å². The van der Waals surface area contributed by atoms with Gasteiger partial charge in [-0.25, -0.2) is 0 Å². The predicted molar refractivity (Wildman–Crippen MR) is 62.3 cm³/mol. The molecule has 0 aliphatic heterocycles. The van der Waals surface area contributed by atoms with E-state index < -0.39 is 11.9 Å². The lowest BCUT2D eigenvalue weighted by atomic mass is 10.1. The van der Waals surface area contributed by atoms with Crippen LogP contribution in [0, 0.1) is 0 Å². The summed E-state index contributed by atoms with van der Waals surface area (Å²) in [7, 11) is 3.18. The molecule has 0 heterocycles. The maximum atomic E-state index is 11.7. The molecule has 1 aromatic carbocycles. The maximum Gasteiger partial charge on any atom is 0.194 e. The molecule has 0 spiro atoms. The van der Waals surface area contributed by atoms with Crippen molar-refractivity contribution < 1.29 is 14.6 Å². The van der Waals surface area contributed by atoms with Crippen molar-refractivity contribution in [1.82, 2.24) is 5.32 Å². The lowest BCUT2D eigenvalue weighted by Gasteiger charge is -2.10. The fourth-order valence-electron chi connectivity index (χ4n) is 1.29. The molecule has 16 heavy (non-hydrogen) atoms. The SMILES string of the molecule is CNCC(O)C(=O)c1ccc(OC)cc1Cl. The van der Waals surface area contributed by atoms with Gasteiger partial charge in [0.15, 0.2) is 5.78 Å². The number of ketones is 1. The molecule has 0 saturated heterocycles. The first-order chi connectivity index (χ1) is 7.60. The number of benzene rings is 1. The number of methoxy groups -OCH3 is 1. The number of Topliss-reactive ketones (excluding diaryl/α,β-unsaturated/α-hetero) is 1. The monoisotopic (exact) mass is 243 g/mol. The van der Waals surface area contributed by atoms with E-state index in [2.05, 4.69) is 5.32 Å². The lowest BCUT2D eigenvalue weighted by Crippen LogP contribution is -2.31. The molecule has 5 heteroatoms. The Morgan fingerprint density at radius 2 is 2.31 bits per heavy atom. The first kappa shape index (κ1) is 13.0. The van der Waals surface area contributed by atoms with Crippen molar-refractivity contribution in [3.05, 3.63) is 28.8 Å². The highest BCUT2D eigenvalue weighted by atomic mass is 35.5. The van der Waals surface area contributed by atoms with Gasteiger partial charge in [-0.1, -0.05) is 11.6 Å². The standard InChI is InChI=1S/C11H14ClNO3/c1-13-6-10(14)11(15)8-4-3-7(16-2)5-9(8)12/h3-5,10,13-14H,6H2,1-2H3. The second-order valence-electron chi connectivity index (χ2n) is 3.28. The Morgan fingerprint density at radius 3 is 2.81 bits per heavy atom. The zero-order valence-corrected chi connectivity index (χ0v) is 9.91. The van der Waals surface area contributed by atoms with Crippen LogP contribution in [0.25, 0.3) is 0 Å². The number of likely N-dealkylation sites (N-methyl/N-ethyl adjacent to an activating group) is 1. The number of carbonyl (C=O) groups excluding carboxylic acids is 1. The minimum atomic E-state index is -1.09. The third-order valence-corrected chi connectivity index (χ3v) is 2.45. The van der Waals surface area contributed by atoms with Crippen LogP contribution in [0.5, 0.6) is 5.75 Å². The maximum absolute atomic E-state index is 11.7. The molecule has 0 radical (unpaired) electrons. The van der Waals surface area contributed by atoms with Gasteiger partial charge in [-0.15, -0.1) is 0 Å². The number of halogens is 1. The minimum Gasteiger partial charge on any atom is -0.497 e. The number of hydrogen-bond donors (Lipinski definition) is 2. The highest BCUT2D eigenvalue weighted by molar-refractivity contribution is 6.34. The van der Waals surface area contributed by atoms with Crippen molar-refractivity contribution in [2.75, 3.05) is 20.7 Å². The van der Waals surface area contributed by atoms with Crippen LogP contribution in [0.1, 0.15) is 10.4 Å². The number of carbonyl (C=O) groups is 1. The Kier molecular flexibility index (Phi) is 4.73. The van der Waals surface area contributed by atoms with Crippen molar-refractivity contribution in [1.29, 1.82) is 0 Å². The van der Waals surface area contributed by atoms with Crippen LogP contribution in [-0.2, 0) is 0 Å². The van der Waals surface area contributed by atoms with Crippen molar-refractivity contribution in [3.63, 3.8) is 0 Å². The summed E-state index contributed by atoms with van der Waals surface area (Å²) in [5.74, 6) is 0.173. The summed E-state index contributed by atoms with van der Waals surface area (Å²) in [5, 5.41) is 12.5. The predicted octanol–water partition coefficient (Wildman–Crippen LogP) is 1.11. The van der Waals surface area contributed by atoms with E-state index in [1.807, 2.05) is 0 Å². The van der Waals surface area contributed by atoms with Gasteiger partial charge in [0, 0.05) is 12.1 Å². The molecule has 0 fully saturated rings. The van der Waals surface area contributed by atoms with Crippen molar-refractivity contribution in [3.8, 4) is 5.75 Å². The molecular formula is C11H14ClNO3. The average molecular weight is 244 g/mol. The van der Waals surface area contributed by atoms with Crippen LogP contribution in [-0.4, -0.2) is 37.7 Å². The molecule has 0 aromatic heterocycles. The molecule has 88 valence electrons. The Labute approximate surface area is 99.2 Å². The Hall–Kier alpha value is -1.10. The smallest absolute Gasteiger partial charge is 0.194 e. The number of ether oxygens (including phenoxy) is 1. The summed E-state index contributed by atoms with van der Waals surface area (Å²) in [6.45, 7) is 0.196. The molecule has 0 amide bonds. The largest absolute Gasteiger partial charge is 0.497 e. The van der Waals surface area contributed by atoms with E-state index in [4.69, 9.17) is 16.3 Å². The summed E-state index contributed by atoms with van der Waals surface area (Å²) in [6, 6.07) is 4.72.